The lowest BCUT2D eigenvalue weighted by molar-refractivity contribution is -0.147. The molecule has 0 aliphatic carbocycles. The molecule has 2 amide bonds. The first-order valence-electron chi connectivity index (χ1n) is 10.1. The summed E-state index contributed by atoms with van der Waals surface area (Å²) in [5.41, 5.74) is 6.88. The van der Waals surface area contributed by atoms with Gasteiger partial charge in [-0.2, -0.15) is 0 Å². The summed E-state index contributed by atoms with van der Waals surface area (Å²) in [6.07, 6.45) is 3.17. The van der Waals surface area contributed by atoms with Crippen LogP contribution in [0.1, 0.15) is 29.3 Å². The molecule has 2 atom stereocenters. The van der Waals surface area contributed by atoms with E-state index >= 15 is 0 Å². The van der Waals surface area contributed by atoms with E-state index in [1.165, 1.54) is 24.2 Å². The molecule has 5 N–H and O–H groups in total. The Morgan fingerprint density at radius 3 is 2.20 bits per heavy atom. The number of carbonyl (C=O) groups is 4. The molecule has 0 saturated carbocycles. The molecule has 0 unspecified atom stereocenters. The number of hydrogen-bond acceptors (Lipinski definition) is 7. The van der Waals surface area contributed by atoms with Gasteiger partial charge in [0.25, 0.3) is 5.91 Å². The summed E-state index contributed by atoms with van der Waals surface area (Å²) in [5, 5.41) is 20.4. The maximum Gasteiger partial charge on any atom is 0.326 e. The van der Waals surface area contributed by atoms with Crippen molar-refractivity contribution in [3.05, 3.63) is 57.8 Å². The van der Waals surface area contributed by atoms with Crippen molar-refractivity contribution in [1.29, 1.82) is 0 Å². The Kier molecular flexibility index (Phi) is 10.1. The summed E-state index contributed by atoms with van der Waals surface area (Å²) in [5.74, 6) is -2.74. The van der Waals surface area contributed by atoms with Gasteiger partial charge in [0, 0.05) is 36.3 Å². The van der Waals surface area contributed by atoms with Gasteiger partial charge in [0.2, 0.25) is 5.91 Å². The predicted molar refractivity (Wildman–Crippen MR) is 134 cm³/mol. The minimum absolute atomic E-state index is 0.139. The van der Waals surface area contributed by atoms with Crippen LogP contribution in [0.2, 0.25) is 10.0 Å². The molecule has 2 aromatic rings. The summed E-state index contributed by atoms with van der Waals surface area (Å²) in [7, 11) is 0. The van der Waals surface area contributed by atoms with Crippen LogP contribution in [0.4, 0.5) is 5.69 Å². The number of nitrogens with zero attached hydrogens (tertiary/aromatic N) is 2. The van der Waals surface area contributed by atoms with Gasteiger partial charge in [-0.1, -0.05) is 47.6 Å². The first-order chi connectivity index (χ1) is 16.4. The number of anilines is 1. The highest BCUT2D eigenvalue weighted by Gasteiger charge is 2.35. The number of rotatable bonds is 6. The van der Waals surface area contributed by atoms with E-state index in [1.54, 1.807) is 24.3 Å². The maximum absolute atomic E-state index is 12.2. The largest absolute Gasteiger partial charge is 0.480 e. The van der Waals surface area contributed by atoms with Crippen molar-refractivity contribution in [3.8, 4) is 0 Å². The quantitative estimate of drug-likeness (QED) is 0.403. The zero-order chi connectivity index (χ0) is 26.3. The molecule has 0 bridgehead atoms. The summed E-state index contributed by atoms with van der Waals surface area (Å²) in [4.78, 5) is 50.1. The van der Waals surface area contributed by atoms with Crippen molar-refractivity contribution in [2.45, 2.75) is 31.8 Å². The number of carboxylic acid groups (broad SMARTS) is 2. The van der Waals surface area contributed by atoms with Crippen molar-refractivity contribution in [2.75, 3.05) is 11.9 Å². The number of aliphatic carboxylic acids is 2. The van der Waals surface area contributed by atoms with E-state index in [0.29, 0.717) is 23.5 Å². The van der Waals surface area contributed by atoms with Gasteiger partial charge in [-0.05, 0) is 24.1 Å². The van der Waals surface area contributed by atoms with Gasteiger partial charge < -0.3 is 26.2 Å². The van der Waals surface area contributed by atoms with Crippen molar-refractivity contribution < 1.29 is 29.4 Å². The van der Waals surface area contributed by atoms with Crippen LogP contribution in [0.5, 0.6) is 0 Å². The van der Waals surface area contributed by atoms with Crippen molar-refractivity contribution in [2.24, 2.45) is 5.73 Å². The number of nitrogens with two attached hydrogens (primary N) is 1. The molecule has 3 rings (SSSR count). The topological polar surface area (TPSA) is 163 Å². The van der Waals surface area contributed by atoms with E-state index in [1.807, 2.05) is 0 Å². The van der Waals surface area contributed by atoms with Crippen LogP contribution in [0.25, 0.3) is 0 Å². The molecule has 1 aromatic carbocycles. The second kappa shape index (κ2) is 12.5. The lowest BCUT2D eigenvalue weighted by atomic mass is 10.1. The Morgan fingerprint density at radius 2 is 1.74 bits per heavy atom. The maximum atomic E-state index is 12.2. The fourth-order valence-electron chi connectivity index (χ4n) is 3.13. The molecule has 1 fully saturated rings. The Labute approximate surface area is 216 Å². The number of hydrogen-bond donors (Lipinski definition) is 4. The Morgan fingerprint density at radius 1 is 1.17 bits per heavy atom. The van der Waals surface area contributed by atoms with E-state index in [9.17, 15) is 19.2 Å². The van der Waals surface area contributed by atoms with Gasteiger partial charge in [-0.25, -0.2) is 4.79 Å². The van der Waals surface area contributed by atoms with Crippen LogP contribution in [0.3, 0.4) is 0 Å². The fraction of sp³-hybridized carbons (Fsp3) is 0.273. The molecular formula is C22H22Cl2N4O6S. The van der Waals surface area contributed by atoms with Gasteiger partial charge >= 0.3 is 11.9 Å². The number of thiocarbonyl (C=S) groups is 1. The third-order valence-electron chi connectivity index (χ3n) is 4.90. The number of aromatic nitrogens is 1. The molecule has 10 nitrogen and oxygen atoms in total. The number of nitrogens with one attached hydrogen (secondary N) is 1. The SMILES string of the molecule is CC(=O)N1CC(=S)C[C@H]1C(=O)O.N[C@@H](Cc1ccc(NC(=O)c2c(Cl)cncc2Cl)cc1)C(=O)O. The van der Waals surface area contributed by atoms with Crippen molar-refractivity contribution in [3.63, 3.8) is 0 Å². The average Bonchev–Trinajstić information content (AvgIpc) is 3.18. The second-order valence-electron chi connectivity index (χ2n) is 7.52. The van der Waals surface area contributed by atoms with Crippen LogP contribution in [-0.2, 0) is 20.8 Å². The van der Waals surface area contributed by atoms with Crippen LogP contribution >= 0.6 is 35.4 Å². The number of halogens is 2. The molecular weight excluding hydrogens is 519 g/mol. The van der Waals surface area contributed by atoms with Crippen LogP contribution < -0.4 is 11.1 Å². The van der Waals surface area contributed by atoms with Gasteiger partial charge in [-0.15, -0.1) is 0 Å². The van der Waals surface area contributed by atoms with Gasteiger partial charge in [-0.3, -0.25) is 19.4 Å². The van der Waals surface area contributed by atoms with Crippen LogP contribution in [-0.4, -0.2) is 67.3 Å². The lowest BCUT2D eigenvalue weighted by Gasteiger charge is -2.18. The smallest absolute Gasteiger partial charge is 0.326 e. The van der Waals surface area contributed by atoms with Gasteiger partial charge in [0.15, 0.2) is 0 Å². The third kappa shape index (κ3) is 7.96. The highest BCUT2D eigenvalue weighted by atomic mass is 35.5. The third-order valence-corrected chi connectivity index (χ3v) is 5.77. The molecule has 35 heavy (non-hydrogen) atoms. The Hall–Kier alpha value is -3.12. The molecule has 1 saturated heterocycles. The minimum atomic E-state index is -1.07. The molecule has 1 aliphatic rings. The molecule has 13 heteroatoms. The second-order valence-corrected chi connectivity index (χ2v) is 8.91. The van der Waals surface area contributed by atoms with Crippen molar-refractivity contribution >= 4 is 69.7 Å². The number of carboxylic acids is 2. The first kappa shape index (κ1) is 28.1. The molecule has 2 heterocycles. The summed E-state index contributed by atoms with van der Waals surface area (Å²) in [6, 6.07) is 4.96. The average molecular weight is 541 g/mol. The predicted octanol–water partition coefficient (Wildman–Crippen LogP) is 2.66. The first-order valence-corrected chi connectivity index (χ1v) is 11.3. The zero-order valence-corrected chi connectivity index (χ0v) is 20.7. The number of benzene rings is 1. The number of likely N-dealkylation sites (tertiary alicyclic amines) is 1. The highest BCUT2D eigenvalue weighted by Crippen LogP contribution is 2.24. The summed E-state index contributed by atoms with van der Waals surface area (Å²) < 4.78 is 0. The monoisotopic (exact) mass is 540 g/mol. The Bertz CT molecular complexity index is 1100. The number of amides is 2. The van der Waals surface area contributed by atoms with Crippen LogP contribution in [0.15, 0.2) is 36.7 Å². The number of carbonyl (C=O) groups excluding carboxylic acids is 2. The summed E-state index contributed by atoms with van der Waals surface area (Å²) in [6.45, 7) is 1.66. The molecule has 0 spiro atoms. The molecule has 186 valence electrons. The normalized spacial score (nSPS) is 15.6. The zero-order valence-electron chi connectivity index (χ0n) is 18.4. The van der Waals surface area contributed by atoms with E-state index in [2.05, 4.69) is 10.3 Å². The van der Waals surface area contributed by atoms with E-state index in [0.717, 1.165) is 5.56 Å². The molecule has 1 aliphatic heterocycles. The lowest BCUT2D eigenvalue weighted by Crippen LogP contribution is -2.39. The fourth-order valence-corrected chi connectivity index (χ4v) is 3.96. The van der Waals surface area contributed by atoms with Crippen LogP contribution in [0, 0.1) is 0 Å². The Balaban J connectivity index is 0.000000303. The highest BCUT2D eigenvalue weighted by molar-refractivity contribution is 7.80. The molecule has 1 aromatic heterocycles. The minimum Gasteiger partial charge on any atom is -0.480 e. The standard InChI is InChI=1S/C15H13Cl2N3O3.C7H9NO3S/c16-10-6-19-7-11(17)13(10)14(21)20-9-3-1-8(2-4-9)5-12(18)15(22)23;1-4(9)8-3-5(12)2-6(8)7(10)11/h1-4,6-7,12H,5,18H2,(H,20,21)(H,22,23);6H,2-3H2,1H3,(H,10,11)/t12-;6-/m00/s1. The van der Waals surface area contributed by atoms with E-state index < -0.39 is 29.9 Å². The number of pyridine rings is 1. The molecule has 0 radical (unpaired) electrons. The van der Waals surface area contributed by atoms with E-state index in [-0.39, 0.29) is 27.9 Å². The van der Waals surface area contributed by atoms with Crippen molar-refractivity contribution in [1.82, 2.24) is 9.88 Å². The van der Waals surface area contributed by atoms with E-state index in [4.69, 9.17) is 51.4 Å². The van der Waals surface area contributed by atoms with Gasteiger partial charge in [0.05, 0.1) is 22.2 Å². The summed E-state index contributed by atoms with van der Waals surface area (Å²) >= 11 is 16.7. The van der Waals surface area contributed by atoms with Gasteiger partial charge in [0.1, 0.15) is 12.1 Å².